The van der Waals surface area contributed by atoms with Crippen LogP contribution in [0.25, 0.3) is 0 Å². The van der Waals surface area contributed by atoms with E-state index in [1.807, 2.05) is 13.8 Å². The monoisotopic (exact) mass is 250 g/mol. The van der Waals surface area contributed by atoms with E-state index >= 15 is 0 Å². The Morgan fingerprint density at radius 2 is 1.88 bits per heavy atom. The molecule has 16 heavy (non-hydrogen) atoms. The standard InChI is InChI=1S/C10H22N2O3S/c1-9(2)12-10(13)5-7-11-6-4-8-16(3,14)15/h9,11H,4-8H2,1-3H3,(H,12,13). The van der Waals surface area contributed by atoms with E-state index in [2.05, 4.69) is 10.6 Å². The lowest BCUT2D eigenvalue weighted by atomic mass is 10.3. The topological polar surface area (TPSA) is 75.3 Å². The van der Waals surface area contributed by atoms with E-state index in [9.17, 15) is 13.2 Å². The van der Waals surface area contributed by atoms with Crippen LogP contribution in [-0.2, 0) is 14.6 Å². The number of amides is 1. The minimum atomic E-state index is -2.86. The molecular weight excluding hydrogens is 228 g/mol. The molecule has 0 aromatic carbocycles. The van der Waals surface area contributed by atoms with Gasteiger partial charge in [0.1, 0.15) is 9.84 Å². The van der Waals surface area contributed by atoms with Crippen molar-refractivity contribution in [2.45, 2.75) is 32.7 Å². The highest BCUT2D eigenvalue weighted by atomic mass is 32.2. The minimum absolute atomic E-state index is 0.0191. The summed E-state index contributed by atoms with van der Waals surface area (Å²) in [7, 11) is -2.86. The van der Waals surface area contributed by atoms with Crippen LogP contribution in [0.2, 0.25) is 0 Å². The smallest absolute Gasteiger partial charge is 0.221 e. The SMILES string of the molecule is CC(C)NC(=O)CCNCCCS(C)(=O)=O. The predicted octanol–water partition coefficient (Wildman–Crippen LogP) is -0.0746. The molecule has 1 amide bonds. The molecule has 96 valence electrons. The van der Waals surface area contributed by atoms with E-state index in [1.54, 1.807) is 0 Å². The first-order valence-electron chi connectivity index (χ1n) is 5.49. The second-order valence-corrected chi connectivity index (χ2v) is 6.47. The number of hydrogen-bond donors (Lipinski definition) is 2. The number of carbonyl (C=O) groups excluding carboxylic acids is 1. The zero-order chi connectivity index (χ0) is 12.6. The van der Waals surface area contributed by atoms with Crippen LogP contribution in [0, 0.1) is 0 Å². The first kappa shape index (κ1) is 15.4. The molecule has 0 rings (SSSR count). The molecule has 0 saturated carbocycles. The number of carbonyl (C=O) groups is 1. The van der Waals surface area contributed by atoms with Gasteiger partial charge < -0.3 is 10.6 Å². The van der Waals surface area contributed by atoms with Crippen LogP contribution in [-0.4, -0.2) is 45.5 Å². The Labute approximate surface area is 97.9 Å². The second kappa shape index (κ2) is 7.62. The zero-order valence-corrected chi connectivity index (χ0v) is 11.1. The quantitative estimate of drug-likeness (QED) is 0.591. The van der Waals surface area contributed by atoms with Gasteiger partial charge in [-0.15, -0.1) is 0 Å². The fourth-order valence-electron chi connectivity index (χ4n) is 1.18. The molecule has 0 aliphatic heterocycles. The summed E-state index contributed by atoms with van der Waals surface area (Å²) < 4.78 is 21.6. The first-order valence-corrected chi connectivity index (χ1v) is 7.55. The predicted molar refractivity (Wildman–Crippen MR) is 65.1 cm³/mol. The molecule has 2 N–H and O–H groups in total. The van der Waals surface area contributed by atoms with Gasteiger partial charge >= 0.3 is 0 Å². The molecule has 0 aliphatic rings. The van der Waals surface area contributed by atoms with E-state index in [-0.39, 0.29) is 17.7 Å². The third-order valence-corrected chi connectivity index (χ3v) is 2.88. The fraction of sp³-hybridized carbons (Fsp3) is 0.900. The lowest BCUT2D eigenvalue weighted by molar-refractivity contribution is -0.121. The number of hydrogen-bond acceptors (Lipinski definition) is 4. The maximum absolute atomic E-state index is 11.2. The lowest BCUT2D eigenvalue weighted by Gasteiger charge is -2.08. The Hall–Kier alpha value is -0.620. The number of nitrogens with one attached hydrogen (secondary N) is 2. The van der Waals surface area contributed by atoms with Gasteiger partial charge in [0.2, 0.25) is 5.91 Å². The van der Waals surface area contributed by atoms with Crippen LogP contribution in [0.5, 0.6) is 0 Å². The molecule has 0 unspecified atom stereocenters. The molecule has 6 heteroatoms. The highest BCUT2D eigenvalue weighted by Gasteiger charge is 2.03. The maximum atomic E-state index is 11.2. The summed E-state index contributed by atoms with van der Waals surface area (Å²) in [6.45, 7) is 5.04. The Morgan fingerprint density at radius 1 is 1.25 bits per heavy atom. The molecule has 0 heterocycles. The average molecular weight is 250 g/mol. The van der Waals surface area contributed by atoms with Gasteiger partial charge in [0.05, 0.1) is 5.75 Å². The third kappa shape index (κ3) is 11.5. The summed E-state index contributed by atoms with van der Waals surface area (Å²) >= 11 is 0. The third-order valence-electron chi connectivity index (χ3n) is 1.85. The van der Waals surface area contributed by atoms with Gasteiger partial charge in [-0.05, 0) is 26.8 Å². The van der Waals surface area contributed by atoms with Gasteiger partial charge in [-0.2, -0.15) is 0 Å². The van der Waals surface area contributed by atoms with Crippen molar-refractivity contribution < 1.29 is 13.2 Å². The van der Waals surface area contributed by atoms with Crippen molar-refractivity contribution in [2.75, 3.05) is 25.1 Å². The molecule has 0 saturated heterocycles. The molecule has 0 aliphatic carbocycles. The van der Waals surface area contributed by atoms with Crippen molar-refractivity contribution in [1.29, 1.82) is 0 Å². The highest BCUT2D eigenvalue weighted by molar-refractivity contribution is 7.90. The van der Waals surface area contributed by atoms with Crippen molar-refractivity contribution in [2.24, 2.45) is 0 Å². The van der Waals surface area contributed by atoms with E-state index in [1.165, 1.54) is 6.26 Å². The molecule has 0 fully saturated rings. The van der Waals surface area contributed by atoms with Gasteiger partial charge in [0.25, 0.3) is 0 Å². The van der Waals surface area contributed by atoms with Crippen molar-refractivity contribution in [1.82, 2.24) is 10.6 Å². The Kier molecular flexibility index (Phi) is 7.33. The molecular formula is C10H22N2O3S. The van der Waals surface area contributed by atoms with E-state index < -0.39 is 9.84 Å². The van der Waals surface area contributed by atoms with Crippen molar-refractivity contribution in [3.05, 3.63) is 0 Å². The van der Waals surface area contributed by atoms with Crippen LogP contribution >= 0.6 is 0 Å². The van der Waals surface area contributed by atoms with Crippen molar-refractivity contribution in [3.63, 3.8) is 0 Å². The van der Waals surface area contributed by atoms with Crippen LogP contribution in [0.1, 0.15) is 26.7 Å². The van der Waals surface area contributed by atoms with Gasteiger partial charge in [-0.25, -0.2) is 8.42 Å². The summed E-state index contributed by atoms with van der Waals surface area (Å²) in [4.78, 5) is 11.2. The summed E-state index contributed by atoms with van der Waals surface area (Å²) in [5.74, 6) is 0.212. The van der Waals surface area contributed by atoms with Crippen LogP contribution in [0.3, 0.4) is 0 Å². The Balaban J connectivity index is 3.37. The molecule has 0 radical (unpaired) electrons. The zero-order valence-electron chi connectivity index (χ0n) is 10.2. The maximum Gasteiger partial charge on any atom is 0.221 e. The van der Waals surface area contributed by atoms with Gasteiger partial charge in [0.15, 0.2) is 0 Å². The van der Waals surface area contributed by atoms with Gasteiger partial charge in [-0.3, -0.25) is 4.79 Å². The second-order valence-electron chi connectivity index (χ2n) is 4.21. The highest BCUT2D eigenvalue weighted by Crippen LogP contribution is 1.87. The number of rotatable bonds is 8. The molecule has 0 aromatic heterocycles. The van der Waals surface area contributed by atoms with Crippen molar-refractivity contribution >= 4 is 15.7 Å². The average Bonchev–Trinajstić information content (AvgIpc) is 2.07. The normalized spacial score (nSPS) is 11.8. The van der Waals surface area contributed by atoms with E-state index in [4.69, 9.17) is 0 Å². The lowest BCUT2D eigenvalue weighted by Crippen LogP contribution is -2.32. The Morgan fingerprint density at radius 3 is 2.38 bits per heavy atom. The molecule has 0 spiro atoms. The van der Waals surface area contributed by atoms with Gasteiger partial charge in [-0.1, -0.05) is 0 Å². The molecule has 5 nitrogen and oxygen atoms in total. The molecule has 0 aromatic rings. The summed E-state index contributed by atoms with van der Waals surface area (Å²) in [5.41, 5.74) is 0. The number of sulfone groups is 1. The first-order chi connectivity index (χ1) is 7.31. The molecule has 0 bridgehead atoms. The van der Waals surface area contributed by atoms with E-state index in [0.717, 1.165) is 0 Å². The largest absolute Gasteiger partial charge is 0.354 e. The van der Waals surface area contributed by atoms with Crippen LogP contribution in [0.4, 0.5) is 0 Å². The minimum Gasteiger partial charge on any atom is -0.354 e. The van der Waals surface area contributed by atoms with Crippen LogP contribution in [0.15, 0.2) is 0 Å². The Bertz CT molecular complexity index is 299. The van der Waals surface area contributed by atoms with Gasteiger partial charge in [0, 0.05) is 25.3 Å². The summed E-state index contributed by atoms with van der Waals surface area (Å²) in [5, 5.41) is 5.82. The fourth-order valence-corrected chi connectivity index (χ4v) is 1.85. The van der Waals surface area contributed by atoms with Crippen molar-refractivity contribution in [3.8, 4) is 0 Å². The van der Waals surface area contributed by atoms with E-state index in [0.29, 0.717) is 25.9 Å². The summed E-state index contributed by atoms with van der Waals surface area (Å²) in [6.07, 6.45) is 2.24. The van der Waals surface area contributed by atoms with Crippen LogP contribution < -0.4 is 10.6 Å². The molecule has 0 atom stereocenters. The summed E-state index contributed by atoms with van der Waals surface area (Å²) in [6, 6.07) is 0.165.